The van der Waals surface area contributed by atoms with Crippen molar-refractivity contribution >= 4 is 10.1 Å². The molecule has 0 amide bonds. The summed E-state index contributed by atoms with van der Waals surface area (Å²) in [6, 6.07) is 13.3. The van der Waals surface area contributed by atoms with Crippen LogP contribution in [-0.4, -0.2) is 85.7 Å². The average Bonchev–Trinajstić information content (AvgIpc) is 3.58. The maximum atomic E-state index is 14.8. The maximum Gasteiger partial charge on any atom is 0.345 e. The second-order valence-electron chi connectivity index (χ2n) is 13.5. The molecule has 0 saturated carbocycles. The number of rotatable bonds is 13. The Morgan fingerprint density at radius 3 is 1.87 bits per heavy atom. The molecular weight excluding hydrogens is 703 g/mol. The summed E-state index contributed by atoms with van der Waals surface area (Å²) in [6.45, 7) is 4.66. The van der Waals surface area contributed by atoms with Crippen molar-refractivity contribution in [3.8, 4) is 0 Å². The minimum Gasteiger partial charge on any atom is -0.373 e. The Morgan fingerprint density at radius 2 is 1.35 bits per heavy atom. The van der Waals surface area contributed by atoms with Gasteiger partial charge in [-0.2, -0.15) is 18.6 Å². The van der Waals surface area contributed by atoms with Crippen LogP contribution in [0.25, 0.3) is 0 Å². The number of fused-ring (bicyclic) bond motifs is 2. The summed E-state index contributed by atoms with van der Waals surface area (Å²) >= 11 is 0. The number of nitrogens with zero attached hydrogens (tertiary/aromatic N) is 7. The third-order valence-electron chi connectivity index (χ3n) is 9.66. The van der Waals surface area contributed by atoms with Crippen molar-refractivity contribution in [2.75, 3.05) is 13.2 Å². The third kappa shape index (κ3) is 9.48. The molecule has 4 aromatic rings. The first kappa shape index (κ1) is 39.2. The smallest absolute Gasteiger partial charge is 0.345 e. The van der Waals surface area contributed by atoms with Crippen LogP contribution in [0.4, 0.5) is 13.2 Å². The molecule has 2 aliphatic rings. The Balaban J connectivity index is 0.000000207. The summed E-state index contributed by atoms with van der Waals surface area (Å²) in [7, 11) is -0.870. The highest BCUT2D eigenvalue weighted by Crippen LogP contribution is 2.37. The molecule has 6 rings (SSSR count). The molecule has 2 aromatic carbocycles. The molecule has 2 fully saturated rings. The van der Waals surface area contributed by atoms with Gasteiger partial charge < -0.3 is 4.74 Å². The minimum atomic E-state index is -4.03. The van der Waals surface area contributed by atoms with E-state index in [2.05, 4.69) is 15.1 Å². The number of ether oxygens (including phenoxy) is 1. The summed E-state index contributed by atoms with van der Waals surface area (Å²) in [5, 5.41) is 8.01. The first-order chi connectivity index (χ1) is 24.6. The number of piperidine rings is 1. The van der Waals surface area contributed by atoms with Gasteiger partial charge in [0.1, 0.15) is 29.8 Å². The second kappa shape index (κ2) is 16.7. The van der Waals surface area contributed by atoms with Crippen molar-refractivity contribution in [3.05, 3.63) is 98.1 Å². The topological polar surface area (TPSA) is 135 Å². The zero-order chi connectivity index (χ0) is 37.7. The molecule has 284 valence electrons. The number of hydrogen-bond donors (Lipinski definition) is 0. The van der Waals surface area contributed by atoms with Gasteiger partial charge >= 0.3 is 11.4 Å². The molecule has 13 nitrogen and oxygen atoms in total. The summed E-state index contributed by atoms with van der Waals surface area (Å²) < 4.78 is 81.9. The molecule has 2 saturated heterocycles. The van der Waals surface area contributed by atoms with Gasteiger partial charge in [0, 0.05) is 38.3 Å². The van der Waals surface area contributed by atoms with Crippen molar-refractivity contribution in [2.24, 2.45) is 14.1 Å². The van der Waals surface area contributed by atoms with E-state index >= 15 is 0 Å². The van der Waals surface area contributed by atoms with E-state index in [1.807, 2.05) is 13.0 Å². The molecule has 52 heavy (non-hydrogen) atoms. The van der Waals surface area contributed by atoms with Gasteiger partial charge in [-0.25, -0.2) is 32.1 Å². The SMILES string of the molecule is Cc1ccc(S(=O)(=O)OC[C@@H](F)Cn2nc(C)n(C)c2=O)cc1.Cc1nn(C[C@H](F)CN2C3CCC2CC(OCc2ccccc2F)C3)c(=O)n1C. The van der Waals surface area contributed by atoms with E-state index in [0.717, 1.165) is 35.9 Å². The highest BCUT2D eigenvalue weighted by Gasteiger charge is 2.42. The number of benzene rings is 2. The number of halogens is 3. The molecule has 4 heterocycles. The van der Waals surface area contributed by atoms with Gasteiger partial charge in [0.25, 0.3) is 10.1 Å². The summed E-state index contributed by atoms with van der Waals surface area (Å²) in [5.74, 6) is 0.777. The molecule has 4 atom stereocenters. The summed E-state index contributed by atoms with van der Waals surface area (Å²) in [6.07, 6.45) is 0.963. The predicted octanol–water partition coefficient (Wildman–Crippen LogP) is 3.52. The van der Waals surface area contributed by atoms with E-state index in [-0.39, 0.29) is 54.3 Å². The molecule has 0 N–H and O–H groups in total. The van der Waals surface area contributed by atoms with Crippen LogP contribution in [0.15, 0.2) is 63.0 Å². The van der Waals surface area contributed by atoms with Gasteiger partial charge in [-0.15, -0.1) is 0 Å². The lowest BCUT2D eigenvalue weighted by atomic mass is 9.99. The van der Waals surface area contributed by atoms with Gasteiger partial charge in [-0.3, -0.25) is 18.2 Å². The van der Waals surface area contributed by atoms with Gasteiger partial charge in [0.2, 0.25) is 0 Å². The van der Waals surface area contributed by atoms with Crippen LogP contribution in [0.5, 0.6) is 0 Å². The molecular formula is C35H46F3N7O6S. The summed E-state index contributed by atoms with van der Waals surface area (Å²) in [4.78, 5) is 26.0. The van der Waals surface area contributed by atoms with E-state index in [1.54, 1.807) is 45.2 Å². The van der Waals surface area contributed by atoms with E-state index < -0.39 is 34.8 Å². The van der Waals surface area contributed by atoms with E-state index in [4.69, 9.17) is 8.92 Å². The van der Waals surface area contributed by atoms with Crippen molar-refractivity contribution in [1.29, 1.82) is 0 Å². The van der Waals surface area contributed by atoms with E-state index in [1.165, 1.54) is 39.1 Å². The molecule has 17 heteroatoms. The van der Waals surface area contributed by atoms with Crippen LogP contribution in [0, 0.1) is 26.6 Å². The van der Waals surface area contributed by atoms with Gasteiger partial charge in [-0.05, 0) is 64.7 Å². The largest absolute Gasteiger partial charge is 0.373 e. The molecule has 0 aliphatic carbocycles. The van der Waals surface area contributed by atoms with Crippen molar-refractivity contribution in [1.82, 2.24) is 33.6 Å². The van der Waals surface area contributed by atoms with Crippen LogP contribution in [0.1, 0.15) is 48.5 Å². The highest BCUT2D eigenvalue weighted by molar-refractivity contribution is 7.86. The molecule has 2 aliphatic heterocycles. The Labute approximate surface area is 300 Å². The molecule has 0 radical (unpaired) electrons. The lowest BCUT2D eigenvalue weighted by molar-refractivity contribution is -0.0349. The van der Waals surface area contributed by atoms with Crippen molar-refractivity contribution < 1.29 is 30.5 Å². The third-order valence-corrected chi connectivity index (χ3v) is 11.0. The van der Waals surface area contributed by atoms with Gasteiger partial charge in [-0.1, -0.05) is 35.9 Å². The predicted molar refractivity (Wildman–Crippen MR) is 186 cm³/mol. The Bertz CT molecular complexity index is 2030. The number of aryl methyl sites for hydroxylation is 3. The number of alkyl halides is 2. The van der Waals surface area contributed by atoms with Gasteiger partial charge in [0.15, 0.2) is 0 Å². The molecule has 2 unspecified atom stereocenters. The quantitative estimate of drug-likeness (QED) is 0.188. The first-order valence-electron chi connectivity index (χ1n) is 17.2. The lowest BCUT2D eigenvalue weighted by Crippen LogP contribution is -2.48. The Kier molecular flexibility index (Phi) is 12.6. The monoisotopic (exact) mass is 749 g/mol. The highest BCUT2D eigenvalue weighted by atomic mass is 32.2. The standard InChI is InChI=1S/C21H28F2N4O2.C14H18FN3O4S/c1-14-24-27(21(28)25(14)2)12-16(22)11-26-17-7-8-18(26)10-19(9-17)29-13-15-5-3-4-6-20(15)23;1-10-4-6-13(7-5-10)23(20,21)22-9-12(15)8-18-14(19)17(3)11(2)16-18/h3-6,16-19H,7-13H2,1-2H3;4-7,12H,8-9H2,1-3H3/t16-,17?,18?,19?;12-/m10/s1. The Morgan fingerprint density at radius 1 is 0.808 bits per heavy atom. The van der Waals surface area contributed by atoms with E-state index in [9.17, 15) is 31.2 Å². The number of hydrogen-bond acceptors (Lipinski definition) is 9. The maximum absolute atomic E-state index is 14.8. The van der Waals surface area contributed by atoms with Crippen molar-refractivity contribution in [2.45, 2.75) is 102 Å². The molecule has 0 spiro atoms. The fourth-order valence-electron chi connectivity index (χ4n) is 6.56. The van der Waals surface area contributed by atoms with E-state index in [0.29, 0.717) is 23.8 Å². The van der Waals surface area contributed by atoms with Crippen LogP contribution in [0.2, 0.25) is 0 Å². The summed E-state index contributed by atoms with van der Waals surface area (Å²) in [5.41, 5.74) is 0.722. The van der Waals surface area contributed by atoms with Gasteiger partial charge in [0.05, 0.1) is 37.3 Å². The van der Waals surface area contributed by atoms with Crippen LogP contribution in [-0.2, 0) is 52.8 Å². The van der Waals surface area contributed by atoms with Crippen LogP contribution in [0.3, 0.4) is 0 Å². The van der Waals surface area contributed by atoms with Crippen LogP contribution < -0.4 is 11.4 Å². The zero-order valence-corrected chi connectivity index (χ0v) is 30.8. The normalized spacial score (nSPS) is 20.0. The zero-order valence-electron chi connectivity index (χ0n) is 30.0. The number of aromatic nitrogens is 6. The second-order valence-corrected chi connectivity index (χ2v) is 15.1. The van der Waals surface area contributed by atoms with Crippen LogP contribution >= 0.6 is 0 Å². The lowest BCUT2D eigenvalue weighted by Gasteiger charge is -2.39. The fourth-order valence-corrected chi connectivity index (χ4v) is 7.49. The molecule has 2 aromatic heterocycles. The first-order valence-corrected chi connectivity index (χ1v) is 18.6. The fraction of sp³-hybridized carbons (Fsp3) is 0.543. The average molecular weight is 750 g/mol. The van der Waals surface area contributed by atoms with Crippen molar-refractivity contribution in [3.63, 3.8) is 0 Å². The Hall–Kier alpha value is -4.06. The minimum absolute atomic E-state index is 0.0241. The molecule has 2 bridgehead atoms.